The first kappa shape index (κ1) is 21.0. The van der Waals surface area contributed by atoms with Crippen LogP contribution in [0.2, 0.25) is 0 Å². The highest BCUT2D eigenvalue weighted by Crippen LogP contribution is 2.26. The molecule has 0 radical (unpaired) electrons. The fourth-order valence-electron chi connectivity index (χ4n) is 2.86. The molecule has 7 nitrogen and oxygen atoms in total. The Morgan fingerprint density at radius 1 is 1.21 bits per heavy atom. The number of ether oxygens (including phenoxy) is 3. The zero-order valence-electron chi connectivity index (χ0n) is 15.5. The van der Waals surface area contributed by atoms with Gasteiger partial charge in [0.1, 0.15) is 18.1 Å². The summed E-state index contributed by atoms with van der Waals surface area (Å²) in [6.07, 6.45) is -2.84. The first-order chi connectivity index (χ1) is 13.9. The topological polar surface area (TPSA) is 82.8 Å². The van der Waals surface area contributed by atoms with E-state index in [1.807, 2.05) is 0 Å². The van der Waals surface area contributed by atoms with Gasteiger partial charge in [-0.05, 0) is 30.9 Å². The minimum atomic E-state index is -4.77. The molecule has 0 bridgehead atoms. The lowest BCUT2D eigenvalue weighted by Crippen LogP contribution is -2.33. The second-order valence-corrected chi connectivity index (χ2v) is 6.63. The molecule has 1 amide bonds. The molecule has 0 saturated carbocycles. The third-order valence-corrected chi connectivity index (χ3v) is 4.30. The second kappa shape index (κ2) is 9.64. The van der Waals surface area contributed by atoms with Gasteiger partial charge in [-0.15, -0.1) is 13.2 Å². The third-order valence-electron chi connectivity index (χ3n) is 4.30. The van der Waals surface area contributed by atoms with Crippen molar-refractivity contribution in [1.29, 1.82) is 0 Å². The van der Waals surface area contributed by atoms with Crippen LogP contribution in [0, 0.1) is 5.92 Å². The number of nitrogens with zero attached hydrogens (tertiary/aromatic N) is 1. The van der Waals surface area contributed by atoms with Crippen molar-refractivity contribution in [2.24, 2.45) is 5.92 Å². The summed E-state index contributed by atoms with van der Waals surface area (Å²) in [5.41, 5.74) is 0.447. The molecule has 10 heteroatoms. The molecule has 0 unspecified atom stereocenters. The van der Waals surface area contributed by atoms with E-state index >= 15 is 0 Å². The number of nitrogens with one attached hydrogen (secondary N) is 1. The Morgan fingerprint density at radius 3 is 2.72 bits per heavy atom. The van der Waals surface area contributed by atoms with Gasteiger partial charge in [0.2, 0.25) is 5.91 Å². The molecule has 1 aromatic heterocycles. The molecular weight excluding hydrogens is 393 g/mol. The summed E-state index contributed by atoms with van der Waals surface area (Å²) in [6.45, 7) is 2.00. The molecule has 0 spiro atoms. The lowest BCUT2D eigenvalue weighted by molar-refractivity contribution is -0.274. The van der Waals surface area contributed by atoms with Crippen LogP contribution >= 0.6 is 0 Å². The lowest BCUT2D eigenvalue weighted by Gasteiger charge is -2.21. The maximum atomic E-state index is 12.3. The van der Waals surface area contributed by atoms with Crippen molar-refractivity contribution in [3.8, 4) is 11.5 Å². The molecule has 0 aliphatic carbocycles. The largest absolute Gasteiger partial charge is 0.573 e. The molecule has 1 N–H and O–H groups in total. The Morgan fingerprint density at radius 2 is 1.97 bits per heavy atom. The van der Waals surface area contributed by atoms with Crippen molar-refractivity contribution >= 4 is 5.91 Å². The van der Waals surface area contributed by atoms with E-state index < -0.39 is 6.36 Å². The first-order valence-electron chi connectivity index (χ1n) is 9.15. The number of alkyl halides is 3. The van der Waals surface area contributed by atoms with Crippen LogP contribution in [-0.4, -0.2) is 37.2 Å². The molecule has 29 heavy (non-hydrogen) atoms. The van der Waals surface area contributed by atoms with Crippen molar-refractivity contribution < 1.29 is 36.7 Å². The van der Waals surface area contributed by atoms with Crippen molar-refractivity contribution in [2.75, 3.05) is 19.8 Å². The van der Waals surface area contributed by atoms with Crippen LogP contribution in [0.3, 0.4) is 0 Å². The molecule has 2 heterocycles. The van der Waals surface area contributed by atoms with E-state index in [0.717, 1.165) is 32.1 Å². The molecule has 1 aliphatic rings. The molecule has 1 fully saturated rings. The standard InChI is InChI=1S/C19H21F3N2O5/c20-19(21,22)28-16-3-1-2-15(10-16)27-12-17-8-14(24-29-17)9-18(25)23-11-13-4-6-26-7-5-13/h1-3,8,10,13H,4-7,9,11-12H2,(H,23,25). The van der Waals surface area contributed by atoms with Gasteiger partial charge in [0, 0.05) is 31.9 Å². The van der Waals surface area contributed by atoms with E-state index in [2.05, 4.69) is 15.2 Å². The van der Waals surface area contributed by atoms with Crippen LogP contribution in [0.4, 0.5) is 13.2 Å². The summed E-state index contributed by atoms with van der Waals surface area (Å²) in [5, 5.41) is 6.70. The monoisotopic (exact) mass is 414 g/mol. The van der Waals surface area contributed by atoms with Gasteiger partial charge in [0.05, 0.1) is 12.1 Å². The number of hydrogen-bond donors (Lipinski definition) is 1. The summed E-state index contributed by atoms with van der Waals surface area (Å²) in [4.78, 5) is 12.0. The van der Waals surface area contributed by atoms with Gasteiger partial charge >= 0.3 is 6.36 Å². The number of aromatic nitrogens is 1. The van der Waals surface area contributed by atoms with E-state index in [9.17, 15) is 18.0 Å². The maximum Gasteiger partial charge on any atom is 0.573 e. The lowest BCUT2D eigenvalue weighted by atomic mass is 10.0. The second-order valence-electron chi connectivity index (χ2n) is 6.63. The van der Waals surface area contributed by atoms with Crippen molar-refractivity contribution in [3.05, 3.63) is 41.8 Å². The van der Waals surface area contributed by atoms with Crippen LogP contribution in [0.1, 0.15) is 24.3 Å². The van der Waals surface area contributed by atoms with Gasteiger partial charge in [0.15, 0.2) is 5.76 Å². The van der Waals surface area contributed by atoms with Gasteiger partial charge in [0.25, 0.3) is 0 Å². The summed E-state index contributed by atoms with van der Waals surface area (Å²) >= 11 is 0. The Balaban J connectivity index is 1.44. The molecule has 0 atom stereocenters. The molecule has 1 saturated heterocycles. The number of carbonyl (C=O) groups is 1. The quantitative estimate of drug-likeness (QED) is 0.714. The summed E-state index contributed by atoms with van der Waals surface area (Å²) in [5.74, 6) is 0.410. The van der Waals surface area contributed by atoms with Crippen LogP contribution in [0.15, 0.2) is 34.9 Å². The van der Waals surface area contributed by atoms with Gasteiger partial charge in [-0.1, -0.05) is 11.2 Å². The average Bonchev–Trinajstić information content (AvgIpc) is 3.12. The number of rotatable bonds is 8. The first-order valence-corrected chi connectivity index (χ1v) is 9.15. The van der Waals surface area contributed by atoms with Crippen molar-refractivity contribution in [1.82, 2.24) is 10.5 Å². The van der Waals surface area contributed by atoms with Crippen LogP contribution in [0.5, 0.6) is 11.5 Å². The van der Waals surface area contributed by atoms with E-state index in [-0.39, 0.29) is 30.4 Å². The number of halogens is 3. The van der Waals surface area contributed by atoms with Gasteiger partial charge in [-0.25, -0.2) is 0 Å². The minimum Gasteiger partial charge on any atom is -0.485 e. The zero-order valence-corrected chi connectivity index (χ0v) is 15.5. The maximum absolute atomic E-state index is 12.3. The highest BCUT2D eigenvalue weighted by molar-refractivity contribution is 5.78. The summed E-state index contributed by atoms with van der Waals surface area (Å²) < 4.78 is 56.4. The summed E-state index contributed by atoms with van der Waals surface area (Å²) in [6, 6.07) is 6.74. The fraction of sp³-hybridized carbons (Fsp3) is 0.474. The smallest absolute Gasteiger partial charge is 0.485 e. The minimum absolute atomic E-state index is 0.0494. The molecule has 1 aromatic carbocycles. The molecule has 2 aromatic rings. The van der Waals surface area contributed by atoms with Crippen LogP contribution in [0.25, 0.3) is 0 Å². The van der Waals surface area contributed by atoms with Gasteiger partial charge in [-0.3, -0.25) is 4.79 Å². The van der Waals surface area contributed by atoms with Gasteiger partial charge < -0.3 is 24.1 Å². The number of benzene rings is 1. The highest BCUT2D eigenvalue weighted by Gasteiger charge is 2.31. The number of amides is 1. The number of carbonyl (C=O) groups excluding carboxylic acids is 1. The Kier molecular flexibility index (Phi) is 6.97. The van der Waals surface area contributed by atoms with Crippen LogP contribution in [-0.2, 0) is 22.6 Å². The van der Waals surface area contributed by atoms with E-state index in [0.29, 0.717) is 23.9 Å². The Bertz CT molecular complexity index is 803. The van der Waals surface area contributed by atoms with Gasteiger partial charge in [-0.2, -0.15) is 0 Å². The van der Waals surface area contributed by atoms with Crippen molar-refractivity contribution in [3.63, 3.8) is 0 Å². The number of hydrogen-bond acceptors (Lipinski definition) is 6. The molecule has 1 aliphatic heterocycles. The zero-order chi connectivity index (χ0) is 20.7. The highest BCUT2D eigenvalue weighted by atomic mass is 19.4. The van der Waals surface area contributed by atoms with Crippen molar-refractivity contribution in [2.45, 2.75) is 32.2 Å². The Hall–Kier alpha value is -2.75. The fourth-order valence-corrected chi connectivity index (χ4v) is 2.86. The normalized spacial score (nSPS) is 15.1. The Labute approximate surface area is 165 Å². The molecule has 158 valence electrons. The summed E-state index contributed by atoms with van der Waals surface area (Å²) in [7, 11) is 0. The van der Waals surface area contributed by atoms with Crippen LogP contribution < -0.4 is 14.8 Å². The third kappa shape index (κ3) is 7.30. The predicted octanol–water partition coefficient (Wildman–Crippen LogP) is 3.24. The molecular formula is C19H21F3N2O5. The average molecular weight is 414 g/mol. The van der Waals surface area contributed by atoms with E-state index in [1.54, 1.807) is 6.07 Å². The van der Waals surface area contributed by atoms with E-state index in [4.69, 9.17) is 14.0 Å². The van der Waals surface area contributed by atoms with E-state index in [1.165, 1.54) is 18.2 Å². The SMILES string of the molecule is O=C(Cc1cc(COc2cccc(OC(F)(F)F)c2)on1)NCC1CCOCC1. The predicted molar refractivity (Wildman–Crippen MR) is 94.2 cm³/mol. The molecule has 3 rings (SSSR count).